The Bertz CT molecular complexity index is 2450. The maximum atomic E-state index is 14.4. The zero-order valence-corrected chi connectivity index (χ0v) is 40.5. The van der Waals surface area contributed by atoms with Crippen LogP contribution in [0.2, 0.25) is 5.02 Å². The number of ether oxygens (including phenoxy) is 4. The minimum atomic E-state index is -3.75. The Labute approximate surface area is 390 Å². The summed E-state index contributed by atoms with van der Waals surface area (Å²) in [6.45, 7) is 12.0. The predicted octanol–water partition coefficient (Wildman–Crippen LogP) is 10.2. The zero-order chi connectivity index (χ0) is 46.3. The van der Waals surface area contributed by atoms with Crippen molar-refractivity contribution in [2.24, 2.45) is 23.2 Å². The Balaban J connectivity index is 0.993. The topological polar surface area (TPSA) is 115 Å². The summed E-state index contributed by atoms with van der Waals surface area (Å²) in [7, 11) is -0.529. The summed E-state index contributed by atoms with van der Waals surface area (Å²) in [6, 6.07) is 26.9. The molecule has 65 heavy (non-hydrogen) atoms. The number of carbonyl (C=O) groups is 1. The van der Waals surface area contributed by atoms with Crippen LogP contribution in [0.1, 0.15) is 99.3 Å². The van der Waals surface area contributed by atoms with E-state index in [1.807, 2.05) is 101 Å². The van der Waals surface area contributed by atoms with E-state index in [0.717, 1.165) is 65.3 Å². The summed E-state index contributed by atoms with van der Waals surface area (Å²) in [4.78, 5) is 15.8. The van der Waals surface area contributed by atoms with Gasteiger partial charge in [0, 0.05) is 36.6 Å². The number of sulfonamides is 1. The van der Waals surface area contributed by atoms with Crippen LogP contribution >= 0.6 is 11.6 Å². The van der Waals surface area contributed by atoms with Crippen LogP contribution < -0.4 is 19.1 Å². The molecule has 5 atom stereocenters. The summed E-state index contributed by atoms with van der Waals surface area (Å²) in [5.41, 5.74) is 5.09. The highest BCUT2D eigenvalue weighted by Crippen LogP contribution is 2.50. The standard InChI is InChI=1S/C53H65ClN2O8S/c1-51(2,3)64-50(58)38-15-23-48-47(28-38)55(32-53(33-63-48)24-8-9-37-27-42(54)16-22-46(37)53)31-39-14-21-45(39)49(57)40-25-41(26-40)52(4,5)34-65(59,60)56(29-35-10-17-43(61-6)18-11-35)30-36-12-19-44(62-7)20-13-36/h10-13,15-20,22-23,25,27-28,39,41,45,49,57H,8-9,14,21,24,26,29-34H2,1-7H3/t39-,41-,45+,49-,53-/m0/s1. The molecule has 12 heteroatoms. The van der Waals surface area contributed by atoms with Gasteiger partial charge in [-0.25, -0.2) is 13.2 Å². The molecule has 0 saturated heterocycles. The van der Waals surface area contributed by atoms with Gasteiger partial charge < -0.3 is 29.0 Å². The first-order valence-corrected chi connectivity index (χ1v) is 25.0. The van der Waals surface area contributed by atoms with Crippen molar-refractivity contribution in [2.75, 3.05) is 44.6 Å². The van der Waals surface area contributed by atoms with E-state index in [4.69, 9.17) is 30.5 Å². The van der Waals surface area contributed by atoms with E-state index in [1.165, 1.54) is 11.1 Å². The summed E-state index contributed by atoms with van der Waals surface area (Å²) in [5, 5.41) is 12.8. The molecule has 0 aromatic heterocycles. The third-order valence-electron chi connectivity index (χ3n) is 14.2. The van der Waals surface area contributed by atoms with Gasteiger partial charge in [-0.05, 0) is 165 Å². The Hall–Kier alpha value is -4.55. The van der Waals surface area contributed by atoms with Crippen LogP contribution in [0.5, 0.6) is 17.2 Å². The largest absolute Gasteiger partial charge is 0.497 e. The Kier molecular flexibility index (Phi) is 13.5. The molecule has 1 heterocycles. The summed E-state index contributed by atoms with van der Waals surface area (Å²) in [6.07, 6.45) is 6.97. The summed E-state index contributed by atoms with van der Waals surface area (Å²) >= 11 is 6.51. The van der Waals surface area contributed by atoms with E-state index < -0.39 is 27.1 Å². The molecule has 0 radical (unpaired) electrons. The minimum absolute atomic E-state index is 0.00934. The molecular formula is C53H65ClN2O8S. The number of benzene rings is 4. The molecule has 10 nitrogen and oxygen atoms in total. The van der Waals surface area contributed by atoms with Crippen LogP contribution in [0.3, 0.4) is 0 Å². The molecule has 1 fully saturated rings. The molecule has 0 bridgehead atoms. The number of aliphatic hydroxyl groups excluding tert-OH is 1. The Morgan fingerprint density at radius 3 is 2.15 bits per heavy atom. The number of hydrogen-bond acceptors (Lipinski definition) is 9. The van der Waals surface area contributed by atoms with Gasteiger partial charge in [-0.2, -0.15) is 4.31 Å². The van der Waals surface area contributed by atoms with Gasteiger partial charge in [0.1, 0.15) is 22.8 Å². The van der Waals surface area contributed by atoms with Crippen LogP contribution in [0.15, 0.2) is 96.6 Å². The Morgan fingerprint density at radius 2 is 1.57 bits per heavy atom. The second-order valence-electron chi connectivity index (χ2n) is 20.5. The normalized spacial score (nSPS) is 22.3. The lowest BCUT2D eigenvalue weighted by atomic mass is 9.62. The fourth-order valence-corrected chi connectivity index (χ4v) is 12.6. The molecule has 1 N–H and O–H groups in total. The average Bonchev–Trinajstić information content (AvgIpc) is 3.37. The average molecular weight is 926 g/mol. The zero-order valence-electron chi connectivity index (χ0n) is 38.9. The second kappa shape index (κ2) is 18.6. The van der Waals surface area contributed by atoms with Crippen molar-refractivity contribution in [3.8, 4) is 17.2 Å². The first kappa shape index (κ1) is 47.0. The lowest BCUT2D eigenvalue weighted by molar-refractivity contribution is 0.00694. The van der Waals surface area contributed by atoms with Crippen LogP contribution in [-0.2, 0) is 39.7 Å². The molecule has 1 aliphatic heterocycles. The fourth-order valence-electron chi connectivity index (χ4n) is 10.4. The molecule has 8 rings (SSSR count). The highest BCUT2D eigenvalue weighted by atomic mass is 35.5. The van der Waals surface area contributed by atoms with Gasteiger partial charge >= 0.3 is 5.97 Å². The van der Waals surface area contributed by atoms with Crippen molar-refractivity contribution in [2.45, 2.75) is 103 Å². The lowest BCUT2D eigenvalue weighted by Gasteiger charge is -2.48. The van der Waals surface area contributed by atoms with Crippen LogP contribution in [0, 0.1) is 23.2 Å². The first-order chi connectivity index (χ1) is 30.8. The first-order valence-electron chi connectivity index (χ1n) is 23.0. The van der Waals surface area contributed by atoms with Gasteiger partial charge in [0.05, 0.1) is 43.9 Å². The fraction of sp³-hybridized carbons (Fsp3) is 0.491. The third-order valence-corrected chi connectivity index (χ3v) is 16.6. The molecule has 0 unspecified atom stereocenters. The van der Waals surface area contributed by atoms with Gasteiger partial charge in [-0.15, -0.1) is 0 Å². The smallest absolute Gasteiger partial charge is 0.338 e. The van der Waals surface area contributed by atoms with E-state index >= 15 is 0 Å². The number of hydrogen-bond donors (Lipinski definition) is 1. The molecule has 0 amide bonds. The molecular weight excluding hydrogens is 860 g/mol. The van der Waals surface area contributed by atoms with Crippen molar-refractivity contribution in [1.82, 2.24) is 4.31 Å². The number of halogens is 1. The molecule has 4 aromatic rings. The Morgan fingerprint density at radius 1 is 0.923 bits per heavy atom. The summed E-state index contributed by atoms with van der Waals surface area (Å²) in [5.74, 6) is 1.98. The molecule has 1 saturated carbocycles. The highest BCUT2D eigenvalue weighted by molar-refractivity contribution is 7.89. The number of allylic oxidation sites excluding steroid dienone is 1. The van der Waals surface area contributed by atoms with E-state index in [9.17, 15) is 18.3 Å². The van der Waals surface area contributed by atoms with Crippen LogP contribution in [-0.4, -0.2) is 75.2 Å². The van der Waals surface area contributed by atoms with Crippen molar-refractivity contribution >= 4 is 33.3 Å². The van der Waals surface area contributed by atoms with Gasteiger partial charge in [0.15, 0.2) is 0 Å². The minimum Gasteiger partial charge on any atom is -0.497 e. The van der Waals surface area contributed by atoms with E-state index in [2.05, 4.69) is 23.1 Å². The number of fused-ring (bicyclic) bond motifs is 3. The maximum absolute atomic E-state index is 14.4. The number of anilines is 1. The number of esters is 1. The quantitative estimate of drug-likeness (QED) is 0.0919. The van der Waals surface area contributed by atoms with Crippen molar-refractivity contribution in [3.63, 3.8) is 0 Å². The van der Waals surface area contributed by atoms with Crippen molar-refractivity contribution in [3.05, 3.63) is 129 Å². The maximum Gasteiger partial charge on any atom is 0.338 e. The SMILES string of the molecule is COc1ccc(CN(Cc2ccc(OC)cc2)S(=O)(=O)CC(C)(C)[C@H]2C=C([C@H](O)[C@@H]3CC[C@H]3CN3C[C@@]4(CCCc5cc(Cl)ccc54)COc4ccc(C(=O)OC(C)(C)C)cc43)C2)cc1. The molecule has 348 valence electrons. The van der Waals surface area contributed by atoms with Crippen molar-refractivity contribution < 1.29 is 37.3 Å². The lowest BCUT2D eigenvalue weighted by Crippen LogP contribution is -2.50. The van der Waals surface area contributed by atoms with Crippen molar-refractivity contribution in [1.29, 1.82) is 0 Å². The van der Waals surface area contributed by atoms with Crippen LogP contribution in [0.25, 0.3) is 0 Å². The number of methoxy groups -OCH3 is 2. The van der Waals surface area contributed by atoms with Crippen LogP contribution in [0.4, 0.5) is 5.69 Å². The monoisotopic (exact) mass is 924 g/mol. The number of carbonyl (C=O) groups excluding carboxylic acids is 1. The number of aryl methyl sites for hydroxylation is 1. The highest BCUT2D eigenvalue weighted by Gasteiger charge is 2.47. The summed E-state index contributed by atoms with van der Waals surface area (Å²) < 4.78 is 53.6. The van der Waals surface area contributed by atoms with Gasteiger partial charge in [-0.3, -0.25) is 0 Å². The van der Waals surface area contributed by atoms with E-state index in [-0.39, 0.29) is 48.0 Å². The number of rotatable bonds is 15. The number of aliphatic hydroxyl groups is 1. The van der Waals surface area contributed by atoms with E-state index in [1.54, 1.807) is 24.6 Å². The third kappa shape index (κ3) is 10.4. The molecule has 4 aliphatic rings. The van der Waals surface area contributed by atoms with E-state index in [0.29, 0.717) is 43.2 Å². The molecule has 1 spiro atoms. The van der Waals surface area contributed by atoms with Gasteiger partial charge in [0.25, 0.3) is 0 Å². The second-order valence-corrected chi connectivity index (χ2v) is 22.9. The molecule has 3 aliphatic carbocycles. The molecule has 4 aromatic carbocycles. The predicted molar refractivity (Wildman–Crippen MR) is 257 cm³/mol. The number of nitrogens with zero attached hydrogens (tertiary/aromatic N) is 2. The van der Waals surface area contributed by atoms with Gasteiger partial charge in [-0.1, -0.05) is 61.9 Å². The van der Waals surface area contributed by atoms with Gasteiger partial charge in [0.2, 0.25) is 10.0 Å².